The molecule has 2 aromatic carbocycles. The highest BCUT2D eigenvalue weighted by Gasteiger charge is 2.23. The normalized spacial score (nSPS) is 10.9. The average Bonchev–Trinajstić information content (AvgIpc) is 3.08. The molecule has 4 nitrogen and oxygen atoms in total. The van der Waals surface area contributed by atoms with Gasteiger partial charge in [0.15, 0.2) is 5.13 Å². The highest BCUT2D eigenvalue weighted by molar-refractivity contribution is 9.10. The molecule has 1 amide bonds. The minimum Gasteiger partial charge on any atom is -0.302 e. The molecule has 0 saturated heterocycles. The molecule has 0 spiro atoms. The van der Waals surface area contributed by atoms with Gasteiger partial charge in [0.25, 0.3) is 5.91 Å². The van der Waals surface area contributed by atoms with Gasteiger partial charge < -0.3 is 4.90 Å². The number of halogens is 3. The summed E-state index contributed by atoms with van der Waals surface area (Å²) in [5.41, 5.74) is 1.39. The van der Waals surface area contributed by atoms with Crippen molar-refractivity contribution in [3.63, 3.8) is 0 Å². The van der Waals surface area contributed by atoms with Gasteiger partial charge in [0.2, 0.25) is 0 Å². The number of fused-ring (bicyclic) bond motifs is 1. The molecule has 0 radical (unpaired) electrons. The number of hydrogen-bond acceptors (Lipinski definition) is 4. The molecule has 0 aliphatic heterocycles. The zero-order valence-corrected chi connectivity index (χ0v) is 19.7. The van der Waals surface area contributed by atoms with Crippen molar-refractivity contribution in [1.82, 2.24) is 9.88 Å². The van der Waals surface area contributed by atoms with Crippen molar-refractivity contribution < 1.29 is 4.79 Å². The van der Waals surface area contributed by atoms with E-state index in [1.165, 1.54) is 11.3 Å². The maximum Gasteiger partial charge on any atom is 0.261 e. The Morgan fingerprint density at radius 1 is 1.14 bits per heavy atom. The molecular weight excluding hydrogens is 481 g/mol. The largest absolute Gasteiger partial charge is 0.302 e. The molecule has 8 heteroatoms. The fourth-order valence-electron chi connectivity index (χ4n) is 2.85. The van der Waals surface area contributed by atoms with E-state index in [0.717, 1.165) is 34.3 Å². The van der Waals surface area contributed by atoms with Crippen LogP contribution in [0.4, 0.5) is 5.13 Å². The van der Waals surface area contributed by atoms with Crippen molar-refractivity contribution in [3.8, 4) is 0 Å². The Hall–Kier alpha value is -1.18. The van der Waals surface area contributed by atoms with E-state index in [4.69, 9.17) is 16.6 Å². The highest BCUT2D eigenvalue weighted by atomic mass is 79.9. The van der Waals surface area contributed by atoms with E-state index in [9.17, 15) is 4.79 Å². The Morgan fingerprint density at radius 2 is 1.86 bits per heavy atom. The molecule has 3 rings (SSSR count). The van der Waals surface area contributed by atoms with Crippen molar-refractivity contribution in [2.75, 3.05) is 31.1 Å². The molecule has 0 unspecified atom stereocenters. The van der Waals surface area contributed by atoms with E-state index in [2.05, 4.69) is 34.7 Å². The summed E-state index contributed by atoms with van der Waals surface area (Å²) < 4.78 is 2.04. The molecule has 28 heavy (non-hydrogen) atoms. The zero-order valence-electron chi connectivity index (χ0n) is 15.7. The lowest BCUT2D eigenvalue weighted by Gasteiger charge is -2.25. The molecule has 0 N–H and O–H groups in total. The monoisotopic (exact) mass is 501 g/mol. The van der Waals surface area contributed by atoms with E-state index < -0.39 is 0 Å². The number of aromatic nitrogens is 1. The first-order chi connectivity index (χ1) is 13.0. The van der Waals surface area contributed by atoms with Crippen LogP contribution in [0.2, 0.25) is 5.02 Å². The Labute approximate surface area is 189 Å². The fraction of sp³-hybridized carbons (Fsp3) is 0.300. The van der Waals surface area contributed by atoms with Crippen LogP contribution in [-0.2, 0) is 0 Å². The van der Waals surface area contributed by atoms with Gasteiger partial charge >= 0.3 is 0 Å². The van der Waals surface area contributed by atoms with Crippen LogP contribution in [0.3, 0.4) is 0 Å². The SMILES string of the molecule is CCN(CC)CCN(C(=O)c1ccccc1Cl)c1nc2ccc(Br)cc2s1.Cl. The second kappa shape index (κ2) is 10.6. The second-order valence-electron chi connectivity index (χ2n) is 6.07. The first-order valence-corrected chi connectivity index (χ1v) is 10.9. The van der Waals surface area contributed by atoms with Crippen molar-refractivity contribution in [1.29, 1.82) is 0 Å². The molecule has 1 aromatic heterocycles. The topological polar surface area (TPSA) is 36.4 Å². The van der Waals surface area contributed by atoms with Crippen LogP contribution in [0, 0.1) is 0 Å². The van der Waals surface area contributed by atoms with E-state index >= 15 is 0 Å². The van der Waals surface area contributed by atoms with Gasteiger partial charge in [-0.2, -0.15) is 0 Å². The first-order valence-electron chi connectivity index (χ1n) is 8.88. The summed E-state index contributed by atoms with van der Waals surface area (Å²) in [4.78, 5) is 22.0. The van der Waals surface area contributed by atoms with Crippen LogP contribution in [0.1, 0.15) is 24.2 Å². The van der Waals surface area contributed by atoms with Crippen LogP contribution < -0.4 is 4.90 Å². The number of benzene rings is 2. The van der Waals surface area contributed by atoms with Crippen molar-refractivity contribution in [2.45, 2.75) is 13.8 Å². The summed E-state index contributed by atoms with van der Waals surface area (Å²) in [6.45, 7) is 7.47. The Balaban J connectivity index is 0.00000280. The maximum absolute atomic E-state index is 13.3. The highest BCUT2D eigenvalue weighted by Crippen LogP contribution is 2.32. The number of nitrogens with zero attached hydrogens (tertiary/aromatic N) is 3. The number of likely N-dealkylation sites (N-methyl/N-ethyl adjacent to an activating group) is 1. The van der Waals surface area contributed by atoms with Crippen LogP contribution in [-0.4, -0.2) is 42.0 Å². The number of thiazole rings is 1. The van der Waals surface area contributed by atoms with E-state index in [-0.39, 0.29) is 18.3 Å². The standard InChI is InChI=1S/C20H21BrClN3OS.ClH/c1-3-24(4-2)11-12-25(19(26)15-7-5-6-8-16(15)22)20-23-17-10-9-14(21)13-18(17)27-20;/h5-10,13H,3-4,11-12H2,1-2H3;1H. The lowest BCUT2D eigenvalue weighted by Crippen LogP contribution is -2.39. The number of rotatable bonds is 7. The number of carbonyl (C=O) groups excluding carboxylic acids is 1. The minimum absolute atomic E-state index is 0. The van der Waals surface area contributed by atoms with Crippen LogP contribution in [0.15, 0.2) is 46.9 Å². The minimum atomic E-state index is -0.120. The third-order valence-corrected chi connectivity index (χ3v) is 6.32. The van der Waals surface area contributed by atoms with Gasteiger partial charge in [0.1, 0.15) is 0 Å². The van der Waals surface area contributed by atoms with Gasteiger partial charge in [-0.05, 0) is 43.4 Å². The molecule has 0 atom stereocenters. The third kappa shape index (κ3) is 5.24. The predicted molar refractivity (Wildman–Crippen MR) is 125 cm³/mol. The smallest absolute Gasteiger partial charge is 0.261 e. The summed E-state index contributed by atoms with van der Waals surface area (Å²) in [7, 11) is 0. The number of hydrogen-bond donors (Lipinski definition) is 0. The van der Waals surface area contributed by atoms with Crippen molar-refractivity contribution in [2.24, 2.45) is 0 Å². The van der Waals surface area contributed by atoms with Gasteiger partial charge in [0, 0.05) is 17.6 Å². The Morgan fingerprint density at radius 3 is 2.54 bits per heavy atom. The van der Waals surface area contributed by atoms with Gasteiger partial charge in [-0.1, -0.05) is 64.8 Å². The summed E-state index contributed by atoms with van der Waals surface area (Å²) >= 11 is 11.3. The first kappa shape index (κ1) is 23.1. The second-order valence-corrected chi connectivity index (χ2v) is 8.40. The van der Waals surface area contributed by atoms with Crippen LogP contribution in [0.5, 0.6) is 0 Å². The molecular formula is C20H22BrCl2N3OS. The summed E-state index contributed by atoms with van der Waals surface area (Å²) in [5, 5.41) is 1.15. The molecule has 1 heterocycles. The lowest BCUT2D eigenvalue weighted by atomic mass is 10.2. The lowest BCUT2D eigenvalue weighted by molar-refractivity contribution is 0.0984. The molecule has 0 fully saturated rings. The summed E-state index contributed by atoms with van der Waals surface area (Å²) in [6, 6.07) is 13.1. The predicted octanol–water partition coefficient (Wildman–Crippen LogP) is 6.12. The van der Waals surface area contributed by atoms with Gasteiger partial charge in [-0.25, -0.2) is 4.98 Å². The number of amides is 1. The van der Waals surface area contributed by atoms with E-state index in [1.54, 1.807) is 17.0 Å². The molecule has 3 aromatic rings. The molecule has 0 saturated carbocycles. The zero-order chi connectivity index (χ0) is 19.4. The molecule has 0 bridgehead atoms. The van der Waals surface area contributed by atoms with Gasteiger partial charge in [0.05, 0.1) is 20.8 Å². The van der Waals surface area contributed by atoms with Gasteiger partial charge in [-0.3, -0.25) is 9.69 Å². The maximum atomic E-state index is 13.3. The van der Waals surface area contributed by atoms with Crippen molar-refractivity contribution >= 4 is 72.5 Å². The fourth-order valence-corrected chi connectivity index (χ4v) is 4.61. The van der Waals surface area contributed by atoms with Crippen molar-refractivity contribution in [3.05, 3.63) is 57.5 Å². The van der Waals surface area contributed by atoms with E-state index in [1.807, 2.05) is 30.3 Å². The van der Waals surface area contributed by atoms with Crippen LogP contribution in [0.25, 0.3) is 10.2 Å². The Kier molecular flexibility index (Phi) is 8.71. The Bertz CT molecular complexity index is 946. The number of carbonyl (C=O) groups is 1. The number of anilines is 1. The summed E-state index contributed by atoms with van der Waals surface area (Å²) in [6.07, 6.45) is 0. The van der Waals surface area contributed by atoms with E-state index in [0.29, 0.717) is 22.3 Å². The molecule has 0 aliphatic rings. The summed E-state index contributed by atoms with van der Waals surface area (Å²) in [5.74, 6) is -0.120. The van der Waals surface area contributed by atoms with Crippen LogP contribution >= 0.6 is 51.3 Å². The molecule has 0 aliphatic carbocycles. The van der Waals surface area contributed by atoms with Gasteiger partial charge in [-0.15, -0.1) is 12.4 Å². The quantitative estimate of drug-likeness (QED) is 0.390. The average molecular weight is 503 g/mol. The third-order valence-electron chi connectivity index (χ3n) is 4.45. The molecule has 150 valence electrons.